The van der Waals surface area contributed by atoms with E-state index in [2.05, 4.69) is 20.5 Å². The Morgan fingerprint density at radius 3 is 2.33 bits per heavy atom. The van der Waals surface area contributed by atoms with Gasteiger partial charge < -0.3 is 14.8 Å². The Kier molecular flexibility index (Phi) is 7.72. The number of anilines is 2. The molecule has 0 radical (unpaired) electrons. The van der Waals surface area contributed by atoms with Crippen LogP contribution in [0.15, 0.2) is 12.1 Å². The zero-order valence-corrected chi connectivity index (χ0v) is 22.7. The van der Waals surface area contributed by atoms with Crippen molar-refractivity contribution in [2.75, 3.05) is 22.8 Å². The van der Waals surface area contributed by atoms with Crippen molar-refractivity contribution in [2.24, 2.45) is 0 Å². The predicted octanol–water partition coefficient (Wildman–Crippen LogP) is 1.27. The summed E-state index contributed by atoms with van der Waals surface area (Å²) in [6, 6.07) is 2.85. The van der Waals surface area contributed by atoms with Gasteiger partial charge in [0, 0.05) is 13.2 Å². The zero-order valence-electron chi connectivity index (χ0n) is 19.1. The van der Waals surface area contributed by atoms with E-state index in [1.165, 1.54) is 15.4 Å². The average molecular weight is 499 g/mol. The second kappa shape index (κ2) is 10.2. The summed E-state index contributed by atoms with van der Waals surface area (Å²) in [6.45, 7) is 2.76. The number of hydrogen-bond acceptors (Lipinski definition) is 6. The Labute approximate surface area is 221 Å². The van der Waals surface area contributed by atoms with Crippen LogP contribution in [0.3, 0.4) is 0 Å². The Morgan fingerprint density at radius 1 is 1.12 bits per heavy atom. The van der Waals surface area contributed by atoms with Crippen molar-refractivity contribution in [2.45, 2.75) is 64.3 Å². The third-order valence-corrected chi connectivity index (χ3v) is 8.89. The van der Waals surface area contributed by atoms with Crippen molar-refractivity contribution in [1.82, 2.24) is 4.37 Å². The number of fused-ring (bicyclic) bond motifs is 2. The van der Waals surface area contributed by atoms with Gasteiger partial charge in [-0.3, -0.25) is 9.10 Å². The topological polar surface area (TPSA) is 103 Å². The molecular formula is C22H27N4NaO4S2. The first-order chi connectivity index (χ1) is 15.4. The second-order valence-corrected chi connectivity index (χ2v) is 10.9. The molecule has 2 aliphatic carbocycles. The molecule has 0 bridgehead atoms. The summed E-state index contributed by atoms with van der Waals surface area (Å²) in [5.41, 5.74) is 6.36. The Bertz CT molecular complexity index is 1110. The van der Waals surface area contributed by atoms with Crippen LogP contribution in [0, 0.1) is 6.92 Å². The van der Waals surface area contributed by atoms with Gasteiger partial charge in [0.05, 0.1) is 11.7 Å². The van der Waals surface area contributed by atoms with Crippen molar-refractivity contribution in [1.29, 1.82) is 0 Å². The van der Waals surface area contributed by atoms with Crippen LogP contribution in [-0.2, 0) is 40.6 Å². The largest absolute Gasteiger partial charge is 1.00 e. The number of carbonyl (C=O) groups excluding carboxylic acids is 1. The molecule has 2 aromatic rings. The molecular weight excluding hydrogens is 471 g/mol. The molecule has 1 saturated heterocycles. The maximum absolute atomic E-state index is 13.3. The standard InChI is InChI=1S/C22H28N4O4S2.Na/c1-14-12-20(31-24-14)26(17-8-10-30-11-9-17)32(28,29)25-22(27)23-21-18-6-2-4-15(18)13-16-5-3-7-19(16)21;/h12-13,17H,2-11H2,1H3,(H2,23,25,27);/q;+1/p-1. The summed E-state index contributed by atoms with van der Waals surface area (Å²) < 4.78 is 41.3. The molecule has 2 heterocycles. The van der Waals surface area contributed by atoms with Crippen LogP contribution < -0.4 is 39.2 Å². The van der Waals surface area contributed by atoms with Gasteiger partial charge in [0.15, 0.2) is 6.03 Å². The number of carbonyl (C=O) groups is 1. The van der Waals surface area contributed by atoms with E-state index < -0.39 is 16.2 Å². The Hall–Kier alpha value is -1.17. The molecule has 1 aliphatic heterocycles. The van der Waals surface area contributed by atoms with Crippen molar-refractivity contribution >= 4 is 38.5 Å². The minimum Gasteiger partial charge on any atom is -0.423 e. The van der Waals surface area contributed by atoms with Gasteiger partial charge in [-0.2, -0.15) is 4.37 Å². The number of benzene rings is 1. The van der Waals surface area contributed by atoms with E-state index in [9.17, 15) is 13.2 Å². The van der Waals surface area contributed by atoms with Crippen molar-refractivity contribution < 1.29 is 47.5 Å². The zero-order chi connectivity index (χ0) is 22.3. The minimum atomic E-state index is -4.25. The molecule has 1 aromatic carbocycles. The summed E-state index contributed by atoms with van der Waals surface area (Å²) in [4.78, 5) is 12.9. The van der Waals surface area contributed by atoms with Crippen LogP contribution in [0.2, 0.25) is 0 Å². The molecule has 0 unspecified atom stereocenters. The van der Waals surface area contributed by atoms with Gasteiger partial charge in [0.25, 0.3) is 10.2 Å². The maximum atomic E-state index is 13.3. The van der Waals surface area contributed by atoms with Crippen LogP contribution in [0.25, 0.3) is 4.72 Å². The quantitative estimate of drug-likeness (QED) is 0.626. The van der Waals surface area contributed by atoms with Gasteiger partial charge in [0.2, 0.25) is 0 Å². The average Bonchev–Trinajstić information content (AvgIpc) is 3.49. The number of aryl methyl sites for hydroxylation is 3. The summed E-state index contributed by atoms with van der Waals surface area (Å²) >= 11 is 1.11. The van der Waals surface area contributed by atoms with E-state index in [0.717, 1.165) is 72.6 Å². The molecule has 3 aliphatic rings. The fourth-order valence-corrected chi connectivity index (χ4v) is 7.44. The minimum absolute atomic E-state index is 0. The number of hydrogen-bond donors (Lipinski definition) is 1. The van der Waals surface area contributed by atoms with Crippen LogP contribution >= 0.6 is 11.5 Å². The molecule has 1 aromatic heterocycles. The smallest absolute Gasteiger partial charge is 0.423 e. The van der Waals surface area contributed by atoms with Gasteiger partial charge in [-0.1, -0.05) is 6.07 Å². The molecule has 0 atom stereocenters. The van der Waals surface area contributed by atoms with Crippen LogP contribution in [0.4, 0.5) is 15.5 Å². The third-order valence-electron chi connectivity index (χ3n) is 6.51. The number of aromatic nitrogens is 1. The fraction of sp³-hybridized carbons (Fsp3) is 0.545. The van der Waals surface area contributed by atoms with Crippen LogP contribution in [0.5, 0.6) is 0 Å². The first-order valence-corrected chi connectivity index (χ1v) is 13.4. The number of urea groups is 1. The number of rotatable bonds is 5. The van der Waals surface area contributed by atoms with Crippen LogP contribution in [0.1, 0.15) is 53.6 Å². The molecule has 11 heteroatoms. The van der Waals surface area contributed by atoms with E-state index in [0.29, 0.717) is 31.1 Å². The predicted molar refractivity (Wildman–Crippen MR) is 125 cm³/mol. The van der Waals surface area contributed by atoms with E-state index in [4.69, 9.17) is 4.74 Å². The van der Waals surface area contributed by atoms with Crippen molar-refractivity contribution in [3.63, 3.8) is 0 Å². The summed E-state index contributed by atoms with van der Waals surface area (Å²) in [5, 5.41) is 3.34. The van der Waals surface area contributed by atoms with Gasteiger partial charge in [-0.05, 0) is 104 Å². The Morgan fingerprint density at radius 2 is 1.76 bits per heavy atom. The van der Waals surface area contributed by atoms with Gasteiger partial charge in [-0.15, -0.1) is 0 Å². The van der Waals surface area contributed by atoms with E-state index in [-0.39, 0.29) is 35.6 Å². The van der Waals surface area contributed by atoms with E-state index in [1.54, 1.807) is 6.07 Å². The number of nitrogens with zero attached hydrogens (tertiary/aromatic N) is 3. The number of ether oxygens (including phenoxy) is 1. The number of amides is 2. The summed E-state index contributed by atoms with van der Waals surface area (Å²) in [5.74, 6) is 0. The van der Waals surface area contributed by atoms with E-state index in [1.807, 2.05) is 6.92 Å². The fourth-order valence-electron chi connectivity index (χ4n) is 5.10. The molecule has 1 N–H and O–H groups in total. The normalized spacial score (nSPS) is 17.7. The van der Waals surface area contributed by atoms with Crippen LogP contribution in [-0.4, -0.2) is 38.1 Å². The molecule has 172 valence electrons. The summed E-state index contributed by atoms with van der Waals surface area (Å²) in [6.07, 6.45) is 7.02. The first kappa shape index (κ1) is 24.9. The van der Waals surface area contributed by atoms with Crippen molar-refractivity contribution in [3.8, 4) is 0 Å². The van der Waals surface area contributed by atoms with Gasteiger partial charge in [-0.25, -0.2) is 8.42 Å². The van der Waals surface area contributed by atoms with E-state index >= 15 is 0 Å². The molecule has 8 nitrogen and oxygen atoms in total. The second-order valence-electron chi connectivity index (χ2n) is 8.68. The molecule has 1 fully saturated rings. The molecule has 0 saturated carbocycles. The monoisotopic (exact) mass is 498 g/mol. The maximum Gasteiger partial charge on any atom is 1.00 e. The Balaban J connectivity index is 0.00000259. The SMILES string of the molecule is Cc1cc(N(C2CCOCC2)S(=O)(=O)[N-]C(=O)Nc2c3c(cc4c2CCC4)CCC3)sn1.[Na+]. The molecule has 0 spiro atoms. The summed E-state index contributed by atoms with van der Waals surface area (Å²) in [7, 11) is -4.25. The molecule has 5 rings (SSSR count). The molecule has 33 heavy (non-hydrogen) atoms. The van der Waals surface area contributed by atoms with Gasteiger partial charge in [0.1, 0.15) is 5.00 Å². The van der Waals surface area contributed by atoms with Crippen molar-refractivity contribution in [3.05, 3.63) is 44.8 Å². The number of nitrogens with one attached hydrogen (secondary N) is 1. The third kappa shape index (κ3) is 5.11. The molecule has 2 amide bonds. The van der Waals surface area contributed by atoms with Gasteiger partial charge >= 0.3 is 29.6 Å². The first-order valence-electron chi connectivity index (χ1n) is 11.2.